The number of rotatable bonds is 6. The van der Waals surface area contributed by atoms with E-state index < -0.39 is 0 Å². The molecule has 0 N–H and O–H groups in total. The Balaban J connectivity index is 1.82. The highest BCUT2D eigenvalue weighted by molar-refractivity contribution is 5.94. The minimum Gasteiger partial charge on any atom is -0.497 e. The van der Waals surface area contributed by atoms with E-state index in [1.54, 1.807) is 19.1 Å². The van der Waals surface area contributed by atoms with E-state index in [1.165, 1.54) is 0 Å². The number of carbonyl (C=O) groups excluding carboxylic acids is 1. The number of amides is 1. The minimum atomic E-state index is -0.00155. The zero-order valence-electron chi connectivity index (χ0n) is 13.2. The van der Waals surface area contributed by atoms with Gasteiger partial charge >= 0.3 is 0 Å². The second-order valence-electron chi connectivity index (χ2n) is 5.12. The van der Waals surface area contributed by atoms with Crippen molar-refractivity contribution in [3.63, 3.8) is 0 Å². The van der Waals surface area contributed by atoms with Gasteiger partial charge in [-0.05, 0) is 43.3 Å². The van der Waals surface area contributed by atoms with E-state index in [-0.39, 0.29) is 5.91 Å². The zero-order valence-corrected chi connectivity index (χ0v) is 13.2. The number of benzene rings is 2. The number of hydrogen-bond donors (Lipinski definition) is 0. The van der Waals surface area contributed by atoms with Crippen molar-refractivity contribution >= 4 is 5.91 Å². The van der Waals surface area contributed by atoms with Crippen molar-refractivity contribution in [1.29, 1.82) is 0 Å². The monoisotopic (exact) mass is 299 g/mol. The average Bonchev–Trinajstić information content (AvgIpc) is 2.55. The first-order chi connectivity index (χ1) is 10.6. The molecule has 0 radical (unpaired) electrons. The van der Waals surface area contributed by atoms with E-state index in [0.29, 0.717) is 18.7 Å². The second kappa shape index (κ2) is 7.50. The molecule has 0 spiro atoms. The quantitative estimate of drug-likeness (QED) is 0.822. The van der Waals surface area contributed by atoms with Crippen LogP contribution < -0.4 is 9.47 Å². The fourth-order valence-electron chi connectivity index (χ4n) is 1.99. The summed E-state index contributed by atoms with van der Waals surface area (Å²) in [5.41, 5.74) is 1.83. The first-order valence-corrected chi connectivity index (χ1v) is 7.19. The molecule has 4 heteroatoms. The first-order valence-electron chi connectivity index (χ1n) is 7.19. The van der Waals surface area contributed by atoms with Crippen molar-refractivity contribution in [1.82, 2.24) is 4.90 Å². The molecule has 4 nitrogen and oxygen atoms in total. The van der Waals surface area contributed by atoms with Gasteiger partial charge in [0.1, 0.15) is 18.1 Å². The highest BCUT2D eigenvalue weighted by Gasteiger charge is 2.11. The summed E-state index contributed by atoms with van der Waals surface area (Å²) in [4.78, 5) is 13.9. The van der Waals surface area contributed by atoms with Crippen molar-refractivity contribution in [2.45, 2.75) is 6.92 Å². The molecule has 22 heavy (non-hydrogen) atoms. The molecule has 2 rings (SSSR count). The lowest BCUT2D eigenvalue weighted by molar-refractivity contribution is 0.0774. The molecule has 0 bridgehead atoms. The topological polar surface area (TPSA) is 38.8 Å². The lowest BCUT2D eigenvalue weighted by Crippen LogP contribution is -2.30. The van der Waals surface area contributed by atoms with Crippen LogP contribution in [0.25, 0.3) is 0 Å². The average molecular weight is 299 g/mol. The number of likely N-dealkylation sites (N-methyl/N-ethyl adjacent to an activating group) is 1. The number of nitrogens with zero attached hydrogens (tertiary/aromatic N) is 1. The van der Waals surface area contributed by atoms with Crippen LogP contribution in [0.4, 0.5) is 0 Å². The molecule has 0 unspecified atom stereocenters. The number of hydrogen-bond acceptors (Lipinski definition) is 3. The van der Waals surface area contributed by atoms with Gasteiger partial charge in [-0.2, -0.15) is 0 Å². The van der Waals surface area contributed by atoms with Crippen LogP contribution in [-0.2, 0) is 0 Å². The fraction of sp³-hybridized carbons (Fsp3) is 0.278. The van der Waals surface area contributed by atoms with Gasteiger partial charge in [0.25, 0.3) is 5.91 Å². The van der Waals surface area contributed by atoms with Gasteiger partial charge in [0.2, 0.25) is 0 Å². The highest BCUT2D eigenvalue weighted by Crippen LogP contribution is 2.16. The van der Waals surface area contributed by atoms with Crippen LogP contribution in [0.2, 0.25) is 0 Å². The lowest BCUT2D eigenvalue weighted by Gasteiger charge is -2.17. The number of aryl methyl sites for hydroxylation is 1. The summed E-state index contributed by atoms with van der Waals surface area (Å²) in [6.07, 6.45) is 0. The molecular formula is C18H21NO3. The van der Waals surface area contributed by atoms with Crippen molar-refractivity contribution in [2.75, 3.05) is 27.3 Å². The van der Waals surface area contributed by atoms with Crippen LogP contribution in [0, 0.1) is 6.92 Å². The van der Waals surface area contributed by atoms with E-state index in [0.717, 1.165) is 17.1 Å². The molecule has 0 heterocycles. The largest absolute Gasteiger partial charge is 0.497 e. The molecule has 0 aromatic heterocycles. The predicted molar refractivity (Wildman–Crippen MR) is 86.6 cm³/mol. The lowest BCUT2D eigenvalue weighted by atomic mass is 10.1. The van der Waals surface area contributed by atoms with Gasteiger partial charge in [-0.3, -0.25) is 4.79 Å². The third-order valence-corrected chi connectivity index (χ3v) is 3.40. The van der Waals surface area contributed by atoms with Crippen molar-refractivity contribution < 1.29 is 14.3 Å². The SMILES string of the molecule is COc1ccc(OCCN(C)C(=O)c2ccc(C)cc2)cc1. The Labute approximate surface area is 131 Å². The Morgan fingerprint density at radius 1 is 1.00 bits per heavy atom. The van der Waals surface area contributed by atoms with Crippen LogP contribution in [0.5, 0.6) is 11.5 Å². The Morgan fingerprint density at radius 2 is 1.59 bits per heavy atom. The van der Waals surface area contributed by atoms with Crippen LogP contribution in [0.3, 0.4) is 0 Å². The van der Waals surface area contributed by atoms with Gasteiger partial charge in [0, 0.05) is 12.6 Å². The fourth-order valence-corrected chi connectivity index (χ4v) is 1.99. The van der Waals surface area contributed by atoms with Gasteiger partial charge in [0.15, 0.2) is 0 Å². The molecule has 116 valence electrons. The van der Waals surface area contributed by atoms with Crippen LogP contribution in [-0.4, -0.2) is 38.1 Å². The Kier molecular flexibility index (Phi) is 5.42. The van der Waals surface area contributed by atoms with Crippen LogP contribution >= 0.6 is 0 Å². The van der Waals surface area contributed by atoms with E-state index in [9.17, 15) is 4.79 Å². The first kappa shape index (κ1) is 15.9. The maximum absolute atomic E-state index is 12.2. The van der Waals surface area contributed by atoms with E-state index >= 15 is 0 Å². The Hall–Kier alpha value is -2.49. The normalized spacial score (nSPS) is 10.1. The summed E-state index contributed by atoms with van der Waals surface area (Å²) in [6.45, 7) is 2.97. The molecular weight excluding hydrogens is 278 g/mol. The molecule has 0 aliphatic carbocycles. The van der Waals surface area contributed by atoms with Gasteiger partial charge in [0.05, 0.1) is 13.7 Å². The van der Waals surface area contributed by atoms with Gasteiger partial charge in [-0.25, -0.2) is 0 Å². The van der Waals surface area contributed by atoms with Crippen molar-refractivity contribution in [2.24, 2.45) is 0 Å². The number of methoxy groups -OCH3 is 1. The summed E-state index contributed by atoms with van der Waals surface area (Å²) in [7, 11) is 3.40. The Bertz CT molecular complexity index is 605. The van der Waals surface area contributed by atoms with E-state index in [1.807, 2.05) is 55.5 Å². The van der Waals surface area contributed by atoms with Crippen LogP contribution in [0.1, 0.15) is 15.9 Å². The maximum atomic E-state index is 12.2. The molecule has 0 saturated heterocycles. The summed E-state index contributed by atoms with van der Waals surface area (Å²) in [5.74, 6) is 1.55. The molecule has 1 amide bonds. The summed E-state index contributed by atoms with van der Waals surface area (Å²) >= 11 is 0. The van der Waals surface area contributed by atoms with Gasteiger partial charge in [-0.1, -0.05) is 17.7 Å². The number of ether oxygens (including phenoxy) is 2. The van der Waals surface area contributed by atoms with Gasteiger partial charge < -0.3 is 14.4 Å². The second-order valence-corrected chi connectivity index (χ2v) is 5.12. The van der Waals surface area contributed by atoms with E-state index in [4.69, 9.17) is 9.47 Å². The third kappa shape index (κ3) is 4.25. The standard InChI is InChI=1S/C18H21NO3/c1-14-4-6-15(7-5-14)18(20)19(2)12-13-22-17-10-8-16(21-3)9-11-17/h4-11H,12-13H2,1-3H3. The molecule has 0 saturated carbocycles. The van der Waals surface area contributed by atoms with Crippen molar-refractivity contribution in [3.05, 3.63) is 59.7 Å². The third-order valence-electron chi connectivity index (χ3n) is 3.40. The summed E-state index contributed by atoms with van der Waals surface area (Å²) < 4.78 is 10.7. The molecule has 2 aromatic rings. The minimum absolute atomic E-state index is 0.00155. The molecule has 0 atom stereocenters. The molecule has 2 aromatic carbocycles. The van der Waals surface area contributed by atoms with E-state index in [2.05, 4.69) is 0 Å². The summed E-state index contributed by atoms with van der Waals surface area (Å²) in [6, 6.07) is 15.0. The summed E-state index contributed by atoms with van der Waals surface area (Å²) in [5, 5.41) is 0. The molecule has 0 fully saturated rings. The van der Waals surface area contributed by atoms with Crippen molar-refractivity contribution in [3.8, 4) is 11.5 Å². The zero-order chi connectivity index (χ0) is 15.9. The molecule has 0 aliphatic rings. The Morgan fingerprint density at radius 3 is 2.18 bits per heavy atom. The highest BCUT2D eigenvalue weighted by atomic mass is 16.5. The maximum Gasteiger partial charge on any atom is 0.253 e. The molecule has 0 aliphatic heterocycles. The predicted octanol–water partition coefficient (Wildman–Crippen LogP) is 3.15. The number of carbonyl (C=O) groups is 1. The van der Waals surface area contributed by atoms with Crippen LogP contribution in [0.15, 0.2) is 48.5 Å². The van der Waals surface area contributed by atoms with Gasteiger partial charge in [-0.15, -0.1) is 0 Å². The smallest absolute Gasteiger partial charge is 0.253 e.